The zero-order valence-electron chi connectivity index (χ0n) is 14.8. The van der Waals surface area contributed by atoms with Gasteiger partial charge >= 0.3 is 5.97 Å². The summed E-state index contributed by atoms with van der Waals surface area (Å²) in [6, 6.07) is 9.46. The highest BCUT2D eigenvalue weighted by Gasteiger charge is 2.31. The molecule has 0 spiro atoms. The molecule has 1 aliphatic rings. The topological polar surface area (TPSA) is 101 Å². The zero-order chi connectivity index (χ0) is 19.3. The van der Waals surface area contributed by atoms with E-state index in [4.69, 9.17) is 10.8 Å². The second kappa shape index (κ2) is 5.98. The van der Waals surface area contributed by atoms with E-state index in [0.29, 0.717) is 17.8 Å². The van der Waals surface area contributed by atoms with E-state index in [-0.39, 0.29) is 18.0 Å². The highest BCUT2D eigenvalue weighted by Crippen LogP contribution is 2.36. The fraction of sp³-hybridized carbons (Fsp3) is 0.150. The average Bonchev–Trinajstić information content (AvgIpc) is 3.15. The minimum Gasteiger partial charge on any atom is -0.478 e. The van der Waals surface area contributed by atoms with Gasteiger partial charge in [-0.1, -0.05) is 18.7 Å². The predicted octanol–water partition coefficient (Wildman–Crippen LogP) is 2.42. The lowest BCUT2D eigenvalue weighted by molar-refractivity contribution is -0.132. The molecule has 1 aliphatic heterocycles. The van der Waals surface area contributed by atoms with Crippen molar-refractivity contribution in [2.24, 2.45) is 7.05 Å². The van der Waals surface area contributed by atoms with Crippen LogP contribution in [0.15, 0.2) is 48.7 Å². The summed E-state index contributed by atoms with van der Waals surface area (Å²) < 4.78 is 1.79. The van der Waals surface area contributed by atoms with Gasteiger partial charge in [-0.05, 0) is 34.9 Å². The summed E-state index contributed by atoms with van der Waals surface area (Å²) in [5.74, 6) is -1.34. The lowest BCUT2D eigenvalue weighted by atomic mass is 9.95. The Kier molecular flexibility index (Phi) is 3.73. The molecule has 3 aromatic rings. The summed E-state index contributed by atoms with van der Waals surface area (Å²) in [6.07, 6.45) is 1.80. The number of carboxylic acids is 1. The Morgan fingerprint density at radius 2 is 2.04 bits per heavy atom. The van der Waals surface area contributed by atoms with E-state index in [9.17, 15) is 9.59 Å². The molecular weight excluding hydrogens is 344 g/mol. The number of hydrogen-bond donors (Lipinski definition) is 2. The Balaban J connectivity index is 1.80. The molecule has 0 saturated heterocycles. The Morgan fingerprint density at radius 3 is 2.78 bits per heavy atom. The number of fused-ring (bicyclic) bond motifs is 2. The first-order chi connectivity index (χ1) is 12.8. The molecule has 7 heteroatoms. The molecule has 0 saturated carbocycles. The number of benzene rings is 2. The van der Waals surface area contributed by atoms with Crippen molar-refractivity contribution in [2.45, 2.75) is 6.54 Å². The third-order valence-corrected chi connectivity index (χ3v) is 4.88. The number of aryl methyl sites for hydroxylation is 1. The predicted molar refractivity (Wildman–Crippen MR) is 102 cm³/mol. The molecule has 0 atom stereocenters. The van der Waals surface area contributed by atoms with Crippen LogP contribution in [0.2, 0.25) is 0 Å². The number of anilines is 1. The van der Waals surface area contributed by atoms with Crippen molar-refractivity contribution < 1.29 is 14.7 Å². The average molecular weight is 362 g/mol. The SMILES string of the molecule is C=C(CN1Cc2c(cc(N)cc2-c2ccc3cnn(C)c3c2)C1=O)C(=O)O. The standard InChI is InChI=1S/C20H18N4O3/c1-11(20(26)27)9-24-10-17-15(6-14(21)7-16(17)19(24)25)12-3-4-13-8-22-23(2)18(13)5-12/h3-8H,1,9-10,21H2,2H3,(H,26,27). The molecule has 0 fully saturated rings. The summed E-state index contributed by atoms with van der Waals surface area (Å²) in [5, 5.41) is 14.3. The largest absolute Gasteiger partial charge is 0.478 e. The maximum atomic E-state index is 12.7. The molecule has 0 bridgehead atoms. The first kappa shape index (κ1) is 16.8. The molecule has 136 valence electrons. The Morgan fingerprint density at radius 1 is 1.30 bits per heavy atom. The van der Waals surface area contributed by atoms with Crippen LogP contribution in [0.4, 0.5) is 5.69 Å². The molecule has 4 rings (SSSR count). The summed E-state index contributed by atoms with van der Waals surface area (Å²) in [6.45, 7) is 3.82. The van der Waals surface area contributed by atoms with E-state index in [1.807, 2.05) is 31.3 Å². The van der Waals surface area contributed by atoms with Crippen molar-refractivity contribution in [3.63, 3.8) is 0 Å². The van der Waals surface area contributed by atoms with Gasteiger partial charge in [0.25, 0.3) is 5.91 Å². The van der Waals surface area contributed by atoms with Gasteiger partial charge in [0.05, 0.1) is 18.3 Å². The molecule has 2 aromatic carbocycles. The summed E-state index contributed by atoms with van der Waals surface area (Å²) in [5.41, 5.74) is 10.6. The van der Waals surface area contributed by atoms with Crippen molar-refractivity contribution in [1.82, 2.24) is 14.7 Å². The maximum absolute atomic E-state index is 12.7. The van der Waals surface area contributed by atoms with Crippen molar-refractivity contribution >= 4 is 28.5 Å². The van der Waals surface area contributed by atoms with Gasteiger partial charge in [-0.2, -0.15) is 5.10 Å². The Labute approximate surface area is 155 Å². The number of amides is 1. The van der Waals surface area contributed by atoms with Gasteiger partial charge in [0, 0.05) is 35.8 Å². The van der Waals surface area contributed by atoms with Crippen LogP contribution in [0.3, 0.4) is 0 Å². The van der Waals surface area contributed by atoms with Crippen molar-refractivity contribution in [3.8, 4) is 11.1 Å². The van der Waals surface area contributed by atoms with Crippen molar-refractivity contribution in [3.05, 3.63) is 59.8 Å². The van der Waals surface area contributed by atoms with Gasteiger partial charge in [0.2, 0.25) is 0 Å². The summed E-state index contributed by atoms with van der Waals surface area (Å²) in [7, 11) is 1.87. The van der Waals surface area contributed by atoms with Crippen LogP contribution in [0.1, 0.15) is 15.9 Å². The van der Waals surface area contributed by atoms with Gasteiger partial charge in [0.15, 0.2) is 0 Å². The third-order valence-electron chi connectivity index (χ3n) is 4.88. The number of nitrogens with two attached hydrogens (primary N) is 1. The van der Waals surface area contributed by atoms with Gasteiger partial charge in [-0.3, -0.25) is 9.48 Å². The molecule has 27 heavy (non-hydrogen) atoms. The van der Waals surface area contributed by atoms with E-state index in [1.165, 1.54) is 4.90 Å². The number of carbonyl (C=O) groups excluding carboxylic acids is 1. The molecule has 7 nitrogen and oxygen atoms in total. The highest BCUT2D eigenvalue weighted by molar-refractivity contribution is 6.03. The second-order valence-electron chi connectivity index (χ2n) is 6.71. The normalized spacial score (nSPS) is 13.2. The number of carbonyl (C=O) groups is 2. The molecule has 3 N–H and O–H groups in total. The lowest BCUT2D eigenvalue weighted by Crippen LogP contribution is -2.28. The second-order valence-corrected chi connectivity index (χ2v) is 6.71. The summed E-state index contributed by atoms with van der Waals surface area (Å²) >= 11 is 0. The minimum absolute atomic E-state index is 0.0248. The quantitative estimate of drug-likeness (QED) is 0.548. The van der Waals surface area contributed by atoms with Gasteiger partial charge in [-0.15, -0.1) is 0 Å². The molecule has 0 radical (unpaired) electrons. The number of rotatable bonds is 4. The Hall–Kier alpha value is -3.61. The molecular formula is C20H18N4O3. The van der Waals surface area contributed by atoms with Crippen LogP contribution in [0.25, 0.3) is 22.0 Å². The van der Waals surface area contributed by atoms with E-state index < -0.39 is 5.97 Å². The lowest BCUT2D eigenvalue weighted by Gasteiger charge is -2.15. The van der Waals surface area contributed by atoms with Crippen molar-refractivity contribution in [2.75, 3.05) is 12.3 Å². The number of hydrogen-bond acceptors (Lipinski definition) is 4. The molecule has 1 amide bonds. The van der Waals surface area contributed by atoms with Crippen LogP contribution in [0.5, 0.6) is 0 Å². The van der Waals surface area contributed by atoms with Crippen molar-refractivity contribution in [1.29, 1.82) is 0 Å². The van der Waals surface area contributed by atoms with Gasteiger partial charge in [0.1, 0.15) is 0 Å². The first-order valence-electron chi connectivity index (χ1n) is 8.40. The van der Waals surface area contributed by atoms with E-state index in [1.54, 1.807) is 16.9 Å². The van der Waals surface area contributed by atoms with Crippen LogP contribution >= 0.6 is 0 Å². The van der Waals surface area contributed by atoms with E-state index in [2.05, 4.69) is 11.7 Å². The summed E-state index contributed by atoms with van der Waals surface area (Å²) in [4.78, 5) is 25.3. The number of aliphatic carboxylic acids is 1. The number of nitrogen functional groups attached to an aromatic ring is 1. The minimum atomic E-state index is -1.11. The smallest absolute Gasteiger partial charge is 0.332 e. The number of carboxylic acid groups (broad SMARTS) is 1. The molecule has 0 unspecified atom stereocenters. The fourth-order valence-electron chi connectivity index (χ4n) is 3.48. The first-order valence-corrected chi connectivity index (χ1v) is 8.40. The van der Waals surface area contributed by atoms with Crippen LogP contribution in [0, 0.1) is 0 Å². The molecule has 2 heterocycles. The van der Waals surface area contributed by atoms with E-state index >= 15 is 0 Å². The molecule has 1 aromatic heterocycles. The highest BCUT2D eigenvalue weighted by atomic mass is 16.4. The Bertz CT molecular complexity index is 1130. The van der Waals surface area contributed by atoms with Crippen LogP contribution < -0.4 is 5.73 Å². The zero-order valence-corrected chi connectivity index (χ0v) is 14.8. The number of nitrogens with zero attached hydrogens (tertiary/aromatic N) is 3. The third kappa shape index (κ3) is 2.73. The molecule has 0 aliphatic carbocycles. The van der Waals surface area contributed by atoms with Crippen LogP contribution in [-0.2, 0) is 18.4 Å². The van der Waals surface area contributed by atoms with Gasteiger partial charge in [-0.25, -0.2) is 4.79 Å². The maximum Gasteiger partial charge on any atom is 0.332 e. The van der Waals surface area contributed by atoms with Gasteiger partial charge < -0.3 is 15.7 Å². The number of aromatic nitrogens is 2. The van der Waals surface area contributed by atoms with Crippen LogP contribution in [-0.4, -0.2) is 38.2 Å². The fourth-order valence-corrected chi connectivity index (χ4v) is 3.48. The monoisotopic (exact) mass is 362 g/mol. The van der Waals surface area contributed by atoms with E-state index in [0.717, 1.165) is 27.6 Å².